The van der Waals surface area contributed by atoms with Gasteiger partial charge in [-0.2, -0.15) is 18.4 Å². The van der Waals surface area contributed by atoms with Gasteiger partial charge in [0.1, 0.15) is 5.69 Å². The number of aromatic nitrogens is 1. The Hall–Kier alpha value is -3.22. The number of hydrazine groups is 1. The van der Waals surface area contributed by atoms with E-state index >= 15 is 0 Å². The van der Waals surface area contributed by atoms with E-state index in [2.05, 4.69) is 16.5 Å². The summed E-state index contributed by atoms with van der Waals surface area (Å²) in [6, 6.07) is 7.68. The Kier molecular flexibility index (Phi) is 4.93. The first-order valence-electron chi connectivity index (χ1n) is 8.53. The van der Waals surface area contributed by atoms with Crippen molar-refractivity contribution in [2.75, 3.05) is 23.4 Å². The number of rotatable bonds is 3. The number of alkyl halides is 3. The fourth-order valence-corrected chi connectivity index (χ4v) is 2.77. The minimum atomic E-state index is -4.41. The van der Waals surface area contributed by atoms with E-state index in [1.54, 1.807) is 18.9 Å². The fraction of sp³-hybridized carbons (Fsp3) is 0.389. The first-order chi connectivity index (χ1) is 13.1. The summed E-state index contributed by atoms with van der Waals surface area (Å²) in [6.45, 7) is 4.23. The van der Waals surface area contributed by atoms with E-state index in [1.807, 2.05) is 0 Å². The van der Waals surface area contributed by atoms with Crippen LogP contribution < -0.4 is 10.3 Å². The van der Waals surface area contributed by atoms with E-state index in [1.165, 1.54) is 23.2 Å². The van der Waals surface area contributed by atoms with Crippen molar-refractivity contribution < 1.29 is 22.5 Å². The number of nitriles is 1. The SMILES string of the molecule is CC(C)(C#N)c1cc(NC(=O)N2CCCN2c2ccc(C(F)(F)F)cc2)on1. The first-order valence-corrected chi connectivity index (χ1v) is 8.53. The average Bonchev–Trinajstić information content (AvgIpc) is 3.31. The zero-order chi connectivity index (χ0) is 20.5. The number of nitrogens with one attached hydrogen (secondary N) is 1. The van der Waals surface area contributed by atoms with Crippen LogP contribution in [0, 0.1) is 11.3 Å². The predicted molar refractivity (Wildman–Crippen MR) is 94.3 cm³/mol. The monoisotopic (exact) mass is 393 g/mol. The predicted octanol–water partition coefficient (Wildman–Crippen LogP) is 4.15. The van der Waals surface area contributed by atoms with Crippen molar-refractivity contribution in [3.8, 4) is 6.07 Å². The number of hydrogen-bond donors (Lipinski definition) is 1. The molecule has 7 nitrogen and oxygen atoms in total. The van der Waals surface area contributed by atoms with E-state index in [0.717, 1.165) is 12.1 Å². The van der Waals surface area contributed by atoms with Crippen LogP contribution in [0.15, 0.2) is 34.9 Å². The van der Waals surface area contributed by atoms with Gasteiger partial charge in [0, 0.05) is 19.2 Å². The Bertz CT molecular complexity index is 899. The minimum absolute atomic E-state index is 0.0857. The molecular weight excluding hydrogens is 375 g/mol. The summed E-state index contributed by atoms with van der Waals surface area (Å²) in [4.78, 5) is 12.6. The zero-order valence-corrected chi connectivity index (χ0v) is 15.2. The molecule has 148 valence electrons. The molecule has 1 saturated heterocycles. The molecule has 0 unspecified atom stereocenters. The smallest absolute Gasteiger partial charge is 0.338 e. The van der Waals surface area contributed by atoms with Gasteiger partial charge in [-0.25, -0.2) is 9.80 Å². The molecule has 0 spiro atoms. The van der Waals surface area contributed by atoms with Crippen LogP contribution in [0.25, 0.3) is 0 Å². The highest BCUT2D eigenvalue weighted by Gasteiger charge is 2.32. The Morgan fingerprint density at radius 1 is 1.25 bits per heavy atom. The molecule has 1 aromatic carbocycles. The number of amides is 2. The molecule has 2 amide bonds. The van der Waals surface area contributed by atoms with Gasteiger partial charge in [-0.15, -0.1) is 0 Å². The van der Waals surface area contributed by atoms with Crippen LogP contribution in [-0.2, 0) is 11.6 Å². The number of benzene rings is 1. The summed E-state index contributed by atoms with van der Waals surface area (Å²) in [7, 11) is 0. The zero-order valence-electron chi connectivity index (χ0n) is 15.2. The highest BCUT2D eigenvalue weighted by Crippen LogP contribution is 2.32. The minimum Gasteiger partial charge on any atom is -0.338 e. The highest BCUT2D eigenvalue weighted by molar-refractivity contribution is 5.89. The van der Waals surface area contributed by atoms with Crippen molar-refractivity contribution in [3.63, 3.8) is 0 Å². The van der Waals surface area contributed by atoms with Crippen molar-refractivity contribution in [1.82, 2.24) is 10.2 Å². The lowest BCUT2D eigenvalue weighted by Gasteiger charge is -2.29. The molecule has 2 aromatic rings. The van der Waals surface area contributed by atoms with E-state index in [4.69, 9.17) is 9.78 Å². The second kappa shape index (κ2) is 7.07. The largest absolute Gasteiger partial charge is 0.416 e. The van der Waals surface area contributed by atoms with E-state index < -0.39 is 23.2 Å². The highest BCUT2D eigenvalue weighted by atomic mass is 19.4. The topological polar surface area (TPSA) is 85.4 Å². The number of nitrogens with zero attached hydrogens (tertiary/aromatic N) is 4. The third-order valence-corrected chi connectivity index (χ3v) is 4.42. The molecule has 1 aliphatic heterocycles. The number of carbonyl (C=O) groups excluding carboxylic acids is 1. The molecule has 1 aromatic heterocycles. The maximum absolute atomic E-state index is 12.7. The molecule has 1 N–H and O–H groups in total. The van der Waals surface area contributed by atoms with Gasteiger partial charge in [-0.1, -0.05) is 5.16 Å². The lowest BCUT2D eigenvalue weighted by Crippen LogP contribution is -2.43. The standard InChI is InChI=1S/C18H18F3N5O2/c1-17(2,11-22)14-10-15(28-24-14)23-16(27)26-9-3-8-25(26)13-6-4-12(5-7-13)18(19,20)21/h4-7,10H,3,8-9H2,1-2H3,(H,23,27). The number of urea groups is 1. The quantitative estimate of drug-likeness (QED) is 0.847. The maximum atomic E-state index is 12.7. The molecule has 0 saturated carbocycles. The molecule has 0 radical (unpaired) electrons. The Labute approximate surface area is 159 Å². The molecule has 28 heavy (non-hydrogen) atoms. The van der Waals surface area contributed by atoms with Gasteiger partial charge in [0.25, 0.3) is 0 Å². The van der Waals surface area contributed by atoms with E-state index in [0.29, 0.717) is 30.9 Å². The number of carbonyl (C=O) groups is 1. The van der Waals surface area contributed by atoms with Crippen molar-refractivity contribution in [3.05, 3.63) is 41.6 Å². The van der Waals surface area contributed by atoms with Crippen LogP contribution in [0.5, 0.6) is 0 Å². The maximum Gasteiger partial charge on any atom is 0.416 e. The van der Waals surface area contributed by atoms with Gasteiger partial charge in [-0.3, -0.25) is 10.3 Å². The summed E-state index contributed by atoms with van der Waals surface area (Å²) in [6.07, 6.45) is -3.75. The van der Waals surface area contributed by atoms with Gasteiger partial charge < -0.3 is 4.52 Å². The first kappa shape index (κ1) is 19.5. The third kappa shape index (κ3) is 3.88. The summed E-state index contributed by atoms with van der Waals surface area (Å²) in [5.74, 6) is 0.0857. The van der Waals surface area contributed by atoms with Gasteiger partial charge in [-0.05, 0) is 44.5 Å². The third-order valence-electron chi connectivity index (χ3n) is 4.42. The molecule has 1 fully saturated rings. The second-order valence-electron chi connectivity index (χ2n) is 6.89. The molecule has 3 rings (SSSR count). The Balaban J connectivity index is 1.72. The number of anilines is 2. The summed E-state index contributed by atoms with van der Waals surface area (Å²) in [5, 5.41) is 18.5. The lowest BCUT2D eigenvalue weighted by atomic mass is 9.92. The van der Waals surface area contributed by atoms with Crippen LogP contribution in [0.3, 0.4) is 0 Å². The van der Waals surface area contributed by atoms with Gasteiger partial charge in [0.2, 0.25) is 5.88 Å². The number of hydrogen-bond acceptors (Lipinski definition) is 5. The Morgan fingerprint density at radius 2 is 1.93 bits per heavy atom. The van der Waals surface area contributed by atoms with Crippen LogP contribution in [0.1, 0.15) is 31.5 Å². The van der Waals surface area contributed by atoms with Crippen LogP contribution >= 0.6 is 0 Å². The summed E-state index contributed by atoms with van der Waals surface area (Å²) >= 11 is 0. The average molecular weight is 393 g/mol. The van der Waals surface area contributed by atoms with Crippen molar-refractivity contribution in [2.24, 2.45) is 0 Å². The molecule has 10 heteroatoms. The molecule has 0 aliphatic carbocycles. The molecule has 2 heterocycles. The normalized spacial score (nSPS) is 14.9. The molecular formula is C18H18F3N5O2. The molecule has 1 aliphatic rings. The van der Waals surface area contributed by atoms with Crippen molar-refractivity contribution in [2.45, 2.75) is 31.9 Å². The van der Waals surface area contributed by atoms with E-state index in [9.17, 15) is 18.0 Å². The Morgan fingerprint density at radius 3 is 2.54 bits per heavy atom. The van der Waals surface area contributed by atoms with Crippen LogP contribution in [0.4, 0.5) is 29.5 Å². The van der Waals surface area contributed by atoms with Crippen molar-refractivity contribution >= 4 is 17.6 Å². The summed E-state index contributed by atoms with van der Waals surface area (Å²) in [5.41, 5.74) is -0.761. The van der Waals surface area contributed by atoms with Gasteiger partial charge >= 0.3 is 12.2 Å². The van der Waals surface area contributed by atoms with Crippen LogP contribution in [-0.4, -0.2) is 29.3 Å². The molecule has 0 atom stereocenters. The van der Waals surface area contributed by atoms with Crippen molar-refractivity contribution in [1.29, 1.82) is 5.26 Å². The van der Waals surface area contributed by atoms with Gasteiger partial charge in [0.05, 0.1) is 22.7 Å². The second-order valence-corrected chi connectivity index (χ2v) is 6.89. The van der Waals surface area contributed by atoms with Crippen LogP contribution in [0.2, 0.25) is 0 Å². The fourth-order valence-electron chi connectivity index (χ4n) is 2.77. The molecule has 0 bridgehead atoms. The van der Waals surface area contributed by atoms with E-state index in [-0.39, 0.29) is 5.88 Å². The number of halogens is 3. The summed E-state index contributed by atoms with van der Waals surface area (Å²) < 4.78 is 43.3. The lowest BCUT2D eigenvalue weighted by molar-refractivity contribution is -0.137. The van der Waals surface area contributed by atoms with Gasteiger partial charge in [0.15, 0.2) is 0 Å².